The van der Waals surface area contributed by atoms with E-state index in [0.29, 0.717) is 5.78 Å². The standard InChI is InChI=1S/C19H19NO/c1-20-9-8-14-7-6-13(11-18(14)20)10-16-12-15-4-2-3-5-17(15)19(16)21/h2-7,11,16H,8-10,12H2,1H3. The van der Waals surface area contributed by atoms with Crippen LogP contribution >= 0.6 is 0 Å². The molecule has 2 aliphatic rings. The maximum Gasteiger partial charge on any atom is 0.166 e. The van der Waals surface area contributed by atoms with Crippen LogP contribution in [-0.4, -0.2) is 19.4 Å². The van der Waals surface area contributed by atoms with Gasteiger partial charge in [0.05, 0.1) is 0 Å². The molecule has 0 bridgehead atoms. The van der Waals surface area contributed by atoms with Crippen LogP contribution in [0.25, 0.3) is 0 Å². The molecule has 2 nitrogen and oxygen atoms in total. The van der Waals surface area contributed by atoms with E-state index in [1.54, 1.807) is 0 Å². The van der Waals surface area contributed by atoms with Gasteiger partial charge in [-0.3, -0.25) is 4.79 Å². The molecule has 0 amide bonds. The van der Waals surface area contributed by atoms with Crippen molar-refractivity contribution in [1.29, 1.82) is 0 Å². The zero-order chi connectivity index (χ0) is 14.4. The van der Waals surface area contributed by atoms with E-state index >= 15 is 0 Å². The zero-order valence-electron chi connectivity index (χ0n) is 12.3. The Balaban J connectivity index is 1.58. The molecule has 2 aromatic carbocycles. The average molecular weight is 277 g/mol. The summed E-state index contributed by atoms with van der Waals surface area (Å²) in [5, 5.41) is 0. The van der Waals surface area contributed by atoms with Crippen LogP contribution in [-0.2, 0) is 19.3 Å². The maximum atomic E-state index is 12.5. The Labute approximate surface area is 125 Å². The van der Waals surface area contributed by atoms with Crippen molar-refractivity contribution < 1.29 is 4.79 Å². The lowest BCUT2D eigenvalue weighted by Gasteiger charge is -2.14. The van der Waals surface area contributed by atoms with Gasteiger partial charge in [-0.2, -0.15) is 0 Å². The van der Waals surface area contributed by atoms with Crippen LogP contribution in [0.5, 0.6) is 0 Å². The number of carbonyl (C=O) groups excluding carboxylic acids is 1. The first-order chi connectivity index (χ1) is 10.2. The minimum Gasteiger partial charge on any atom is -0.374 e. The van der Waals surface area contributed by atoms with Gasteiger partial charge in [-0.15, -0.1) is 0 Å². The summed E-state index contributed by atoms with van der Waals surface area (Å²) in [5.41, 5.74) is 6.21. The van der Waals surface area contributed by atoms with Crippen LogP contribution in [0.2, 0.25) is 0 Å². The number of nitrogens with zero attached hydrogens (tertiary/aromatic N) is 1. The number of rotatable bonds is 2. The van der Waals surface area contributed by atoms with Gasteiger partial charge in [0.25, 0.3) is 0 Å². The number of hydrogen-bond donors (Lipinski definition) is 0. The molecule has 4 rings (SSSR count). The predicted molar refractivity (Wildman–Crippen MR) is 85.1 cm³/mol. The van der Waals surface area contributed by atoms with Crippen molar-refractivity contribution in [2.45, 2.75) is 19.3 Å². The Morgan fingerprint density at radius 2 is 2.00 bits per heavy atom. The average Bonchev–Trinajstić information content (AvgIpc) is 3.02. The van der Waals surface area contributed by atoms with Crippen LogP contribution in [0.3, 0.4) is 0 Å². The Kier molecular flexibility index (Phi) is 2.85. The van der Waals surface area contributed by atoms with E-state index < -0.39 is 0 Å². The van der Waals surface area contributed by atoms with E-state index in [9.17, 15) is 4.79 Å². The first-order valence-electron chi connectivity index (χ1n) is 7.67. The lowest BCUT2D eigenvalue weighted by Crippen LogP contribution is -2.14. The summed E-state index contributed by atoms with van der Waals surface area (Å²) in [7, 11) is 2.15. The molecule has 1 aliphatic carbocycles. The quantitative estimate of drug-likeness (QED) is 0.839. The summed E-state index contributed by atoms with van der Waals surface area (Å²) in [5.74, 6) is 0.437. The summed E-state index contributed by atoms with van der Waals surface area (Å²) in [6.07, 6.45) is 2.89. The molecular weight excluding hydrogens is 258 g/mol. The summed E-state index contributed by atoms with van der Waals surface area (Å²) >= 11 is 0. The fourth-order valence-electron chi connectivity index (χ4n) is 3.68. The molecule has 1 heterocycles. The van der Waals surface area contributed by atoms with Crippen LogP contribution in [0.4, 0.5) is 5.69 Å². The van der Waals surface area contributed by atoms with E-state index in [-0.39, 0.29) is 5.92 Å². The van der Waals surface area contributed by atoms with Gasteiger partial charge in [0.2, 0.25) is 0 Å². The van der Waals surface area contributed by atoms with Crippen molar-refractivity contribution >= 4 is 11.5 Å². The van der Waals surface area contributed by atoms with Crippen LogP contribution in [0.15, 0.2) is 42.5 Å². The largest absolute Gasteiger partial charge is 0.374 e. The minimum atomic E-state index is 0.118. The molecule has 1 atom stereocenters. The second kappa shape index (κ2) is 4.73. The molecule has 0 spiro atoms. The molecule has 1 aliphatic heterocycles. The van der Waals surface area contributed by atoms with Gasteiger partial charge in [0.15, 0.2) is 5.78 Å². The van der Waals surface area contributed by atoms with Crippen molar-refractivity contribution in [1.82, 2.24) is 0 Å². The maximum absolute atomic E-state index is 12.5. The van der Waals surface area contributed by atoms with E-state index in [0.717, 1.165) is 31.4 Å². The van der Waals surface area contributed by atoms with E-state index in [4.69, 9.17) is 0 Å². The normalized spacial score (nSPS) is 19.8. The molecule has 1 unspecified atom stereocenters. The van der Waals surface area contributed by atoms with E-state index in [2.05, 4.69) is 36.2 Å². The second-order valence-electron chi connectivity index (χ2n) is 6.26. The van der Waals surface area contributed by atoms with Crippen molar-refractivity contribution in [2.24, 2.45) is 5.92 Å². The molecular formula is C19H19NO. The predicted octanol–water partition coefficient (Wildman–Crippen LogP) is 3.28. The van der Waals surface area contributed by atoms with Gasteiger partial charge < -0.3 is 4.90 Å². The second-order valence-corrected chi connectivity index (χ2v) is 6.26. The number of ketones is 1. The number of likely N-dealkylation sites (N-methyl/N-ethyl adjacent to an activating group) is 1. The highest BCUT2D eigenvalue weighted by atomic mass is 16.1. The first-order valence-corrected chi connectivity index (χ1v) is 7.67. The molecule has 2 aromatic rings. The lowest BCUT2D eigenvalue weighted by molar-refractivity contribution is 0.0936. The lowest BCUT2D eigenvalue weighted by atomic mass is 9.94. The fraction of sp³-hybridized carbons (Fsp3) is 0.316. The molecule has 0 fully saturated rings. The number of anilines is 1. The molecule has 21 heavy (non-hydrogen) atoms. The molecule has 0 aromatic heterocycles. The number of benzene rings is 2. The van der Waals surface area contributed by atoms with Crippen molar-refractivity contribution in [3.05, 3.63) is 64.7 Å². The first kappa shape index (κ1) is 12.6. The van der Waals surface area contributed by atoms with Crippen LogP contribution in [0.1, 0.15) is 27.0 Å². The van der Waals surface area contributed by atoms with Gasteiger partial charge in [-0.1, -0.05) is 36.4 Å². The monoisotopic (exact) mass is 277 g/mol. The fourth-order valence-corrected chi connectivity index (χ4v) is 3.68. The smallest absolute Gasteiger partial charge is 0.166 e. The molecule has 2 heteroatoms. The third-order valence-corrected chi connectivity index (χ3v) is 4.88. The van der Waals surface area contributed by atoms with Crippen LogP contribution in [0, 0.1) is 5.92 Å². The zero-order valence-corrected chi connectivity index (χ0v) is 12.3. The van der Waals surface area contributed by atoms with Gasteiger partial charge in [0, 0.05) is 30.8 Å². The van der Waals surface area contributed by atoms with E-state index in [1.807, 2.05) is 18.2 Å². The Morgan fingerprint density at radius 1 is 1.14 bits per heavy atom. The molecule has 106 valence electrons. The van der Waals surface area contributed by atoms with Gasteiger partial charge in [-0.25, -0.2) is 0 Å². The minimum absolute atomic E-state index is 0.118. The highest BCUT2D eigenvalue weighted by Crippen LogP contribution is 2.32. The summed E-state index contributed by atoms with van der Waals surface area (Å²) in [6.45, 7) is 1.10. The Bertz CT molecular complexity index is 719. The van der Waals surface area contributed by atoms with Gasteiger partial charge >= 0.3 is 0 Å². The summed E-state index contributed by atoms with van der Waals surface area (Å²) in [4.78, 5) is 14.8. The Morgan fingerprint density at radius 3 is 2.86 bits per heavy atom. The third-order valence-electron chi connectivity index (χ3n) is 4.88. The topological polar surface area (TPSA) is 20.3 Å². The van der Waals surface area contributed by atoms with Crippen molar-refractivity contribution in [2.75, 3.05) is 18.5 Å². The third kappa shape index (κ3) is 2.06. The molecule has 0 saturated heterocycles. The van der Waals surface area contributed by atoms with Crippen LogP contribution < -0.4 is 4.90 Å². The number of fused-ring (bicyclic) bond motifs is 2. The molecule has 0 N–H and O–H groups in total. The summed E-state index contributed by atoms with van der Waals surface area (Å²) in [6, 6.07) is 14.8. The molecule has 0 radical (unpaired) electrons. The highest BCUT2D eigenvalue weighted by Gasteiger charge is 2.30. The number of carbonyl (C=O) groups is 1. The Hall–Kier alpha value is -2.09. The number of hydrogen-bond acceptors (Lipinski definition) is 2. The highest BCUT2D eigenvalue weighted by molar-refractivity contribution is 6.02. The number of Topliss-reactive ketones (excluding diaryl/α,β-unsaturated/α-hetero) is 1. The van der Waals surface area contributed by atoms with Gasteiger partial charge in [0.1, 0.15) is 0 Å². The van der Waals surface area contributed by atoms with E-state index in [1.165, 1.54) is 22.4 Å². The summed E-state index contributed by atoms with van der Waals surface area (Å²) < 4.78 is 0. The van der Waals surface area contributed by atoms with Crippen molar-refractivity contribution in [3.8, 4) is 0 Å². The van der Waals surface area contributed by atoms with Crippen molar-refractivity contribution in [3.63, 3.8) is 0 Å². The molecule has 0 saturated carbocycles. The SMILES string of the molecule is CN1CCc2ccc(CC3Cc4ccccc4C3=O)cc21. The van der Waals surface area contributed by atoms with Gasteiger partial charge in [-0.05, 0) is 42.0 Å².